The number of nitrogens with one attached hydrogen (secondary N) is 1. The van der Waals surface area contributed by atoms with Gasteiger partial charge in [0.25, 0.3) is 0 Å². The van der Waals surface area contributed by atoms with Crippen LogP contribution in [0.5, 0.6) is 0 Å². The number of amides is 2. The van der Waals surface area contributed by atoms with Crippen molar-refractivity contribution in [2.24, 2.45) is 11.7 Å². The maximum Gasteiger partial charge on any atom is 0.416 e. The van der Waals surface area contributed by atoms with Gasteiger partial charge in [0.1, 0.15) is 6.04 Å². The molecule has 124 valence electrons. The van der Waals surface area contributed by atoms with Gasteiger partial charge in [-0.2, -0.15) is 18.4 Å². The number of primary amides is 1. The zero-order valence-electron chi connectivity index (χ0n) is 12.4. The highest BCUT2D eigenvalue weighted by atomic mass is 19.4. The van der Waals surface area contributed by atoms with E-state index in [1.807, 2.05) is 6.07 Å². The van der Waals surface area contributed by atoms with Crippen LogP contribution in [-0.2, 0) is 22.2 Å². The second kappa shape index (κ2) is 7.63. The first-order valence-electron chi connectivity index (χ1n) is 6.78. The van der Waals surface area contributed by atoms with Crippen LogP contribution in [-0.4, -0.2) is 17.9 Å². The summed E-state index contributed by atoms with van der Waals surface area (Å²) in [6, 6.07) is 5.24. The van der Waals surface area contributed by atoms with E-state index in [0.29, 0.717) is 0 Å². The van der Waals surface area contributed by atoms with Crippen molar-refractivity contribution >= 4 is 11.8 Å². The Kier molecular flexibility index (Phi) is 6.13. The second-order valence-electron chi connectivity index (χ2n) is 5.16. The lowest BCUT2D eigenvalue weighted by molar-refractivity contribution is -0.137. The molecule has 0 aliphatic heterocycles. The van der Waals surface area contributed by atoms with Gasteiger partial charge in [-0.1, -0.05) is 18.2 Å². The van der Waals surface area contributed by atoms with Gasteiger partial charge in [0, 0.05) is 5.92 Å². The van der Waals surface area contributed by atoms with E-state index in [-0.39, 0.29) is 18.4 Å². The predicted octanol–water partition coefficient (Wildman–Crippen LogP) is 1.77. The summed E-state index contributed by atoms with van der Waals surface area (Å²) in [5.41, 5.74) is 4.46. The second-order valence-corrected chi connectivity index (χ2v) is 5.16. The van der Waals surface area contributed by atoms with Gasteiger partial charge >= 0.3 is 6.18 Å². The van der Waals surface area contributed by atoms with E-state index < -0.39 is 35.5 Å². The highest BCUT2D eigenvalue weighted by molar-refractivity contribution is 5.87. The molecule has 2 atom stereocenters. The van der Waals surface area contributed by atoms with E-state index in [4.69, 9.17) is 11.0 Å². The Labute approximate surface area is 131 Å². The van der Waals surface area contributed by atoms with Crippen LogP contribution in [0, 0.1) is 17.2 Å². The number of alkyl halides is 3. The third-order valence-corrected chi connectivity index (χ3v) is 3.11. The zero-order valence-corrected chi connectivity index (χ0v) is 12.4. The van der Waals surface area contributed by atoms with E-state index in [2.05, 4.69) is 5.32 Å². The van der Waals surface area contributed by atoms with Gasteiger partial charge < -0.3 is 11.1 Å². The van der Waals surface area contributed by atoms with Gasteiger partial charge in [-0.25, -0.2) is 0 Å². The summed E-state index contributed by atoms with van der Waals surface area (Å²) in [5.74, 6) is -1.94. The van der Waals surface area contributed by atoms with E-state index in [1.54, 1.807) is 6.92 Å². The monoisotopic (exact) mass is 327 g/mol. The van der Waals surface area contributed by atoms with Crippen LogP contribution in [0.2, 0.25) is 0 Å². The van der Waals surface area contributed by atoms with Gasteiger partial charge in [-0.15, -0.1) is 0 Å². The first kappa shape index (κ1) is 18.5. The fourth-order valence-electron chi connectivity index (χ4n) is 1.94. The number of hydrogen-bond acceptors (Lipinski definition) is 3. The Balaban J connectivity index is 2.76. The predicted molar refractivity (Wildman–Crippen MR) is 75.7 cm³/mol. The Morgan fingerprint density at radius 2 is 2.04 bits per heavy atom. The number of halogens is 3. The smallest absolute Gasteiger partial charge is 0.368 e. The molecule has 0 radical (unpaired) electrons. The number of hydrogen-bond donors (Lipinski definition) is 2. The number of nitriles is 1. The fraction of sp³-hybridized carbons (Fsp3) is 0.400. The van der Waals surface area contributed by atoms with Crippen molar-refractivity contribution in [2.45, 2.75) is 32.0 Å². The molecular weight excluding hydrogens is 311 g/mol. The normalized spacial score (nSPS) is 13.7. The molecule has 1 aromatic carbocycles. The Morgan fingerprint density at radius 3 is 2.57 bits per heavy atom. The quantitative estimate of drug-likeness (QED) is 0.833. The lowest BCUT2D eigenvalue weighted by atomic mass is 10.0. The molecule has 0 unspecified atom stereocenters. The topological polar surface area (TPSA) is 96.0 Å². The highest BCUT2D eigenvalue weighted by Crippen LogP contribution is 2.29. The number of rotatable bonds is 6. The Hall–Kier alpha value is -2.56. The molecule has 5 nitrogen and oxygen atoms in total. The average Bonchev–Trinajstić information content (AvgIpc) is 2.45. The van der Waals surface area contributed by atoms with Crippen LogP contribution in [0.4, 0.5) is 13.2 Å². The molecule has 0 bridgehead atoms. The molecule has 0 aliphatic rings. The summed E-state index contributed by atoms with van der Waals surface area (Å²) < 4.78 is 37.8. The molecule has 0 heterocycles. The van der Waals surface area contributed by atoms with Gasteiger partial charge in [-0.05, 0) is 25.0 Å². The van der Waals surface area contributed by atoms with E-state index in [1.165, 1.54) is 12.1 Å². The lowest BCUT2D eigenvalue weighted by Crippen LogP contribution is -2.45. The number of nitrogens with two attached hydrogens (primary N) is 1. The number of carbonyl (C=O) groups is 2. The van der Waals surface area contributed by atoms with Crippen molar-refractivity contribution in [3.05, 3.63) is 35.4 Å². The summed E-state index contributed by atoms with van der Waals surface area (Å²) in [6.45, 7) is 1.56. The molecule has 3 N–H and O–H groups in total. The summed E-state index contributed by atoms with van der Waals surface area (Å²) >= 11 is 0. The standard InChI is InChI=1S/C15H16F3N3O2/c1-9(8-19)5-12(14(20)23)21-13(22)7-10-3-2-4-11(6-10)15(16,17)18/h2-4,6,9,12H,5,7H2,1H3,(H2,20,23)(H,21,22)/t9-,12+/m0/s1. The Morgan fingerprint density at radius 1 is 1.39 bits per heavy atom. The third-order valence-electron chi connectivity index (χ3n) is 3.11. The molecule has 8 heteroatoms. The number of carbonyl (C=O) groups excluding carboxylic acids is 2. The summed E-state index contributed by atoms with van der Waals surface area (Å²) in [6.07, 6.45) is -4.78. The highest BCUT2D eigenvalue weighted by Gasteiger charge is 2.30. The first-order chi connectivity index (χ1) is 10.6. The lowest BCUT2D eigenvalue weighted by Gasteiger charge is -2.16. The number of benzene rings is 1. The molecular formula is C15H16F3N3O2. The Bertz CT molecular complexity index is 623. The van der Waals surface area contributed by atoms with Gasteiger partial charge in [-0.3, -0.25) is 9.59 Å². The molecule has 0 aliphatic carbocycles. The van der Waals surface area contributed by atoms with Gasteiger partial charge in [0.2, 0.25) is 11.8 Å². The van der Waals surface area contributed by atoms with Crippen LogP contribution in [0.15, 0.2) is 24.3 Å². The molecule has 0 fully saturated rings. The van der Waals surface area contributed by atoms with Crippen molar-refractivity contribution in [1.82, 2.24) is 5.32 Å². The summed E-state index contributed by atoms with van der Waals surface area (Å²) in [7, 11) is 0. The first-order valence-corrected chi connectivity index (χ1v) is 6.78. The van der Waals surface area contributed by atoms with Crippen LogP contribution in [0.25, 0.3) is 0 Å². The average molecular weight is 327 g/mol. The minimum Gasteiger partial charge on any atom is -0.368 e. The van der Waals surface area contributed by atoms with Crippen LogP contribution in [0.1, 0.15) is 24.5 Å². The number of nitrogens with zero attached hydrogens (tertiary/aromatic N) is 1. The van der Waals surface area contributed by atoms with Crippen molar-refractivity contribution in [3.8, 4) is 6.07 Å². The zero-order chi connectivity index (χ0) is 17.6. The molecule has 0 saturated heterocycles. The maximum absolute atomic E-state index is 12.6. The van der Waals surface area contributed by atoms with E-state index in [0.717, 1.165) is 12.1 Å². The molecule has 23 heavy (non-hydrogen) atoms. The van der Waals surface area contributed by atoms with Crippen molar-refractivity contribution < 1.29 is 22.8 Å². The van der Waals surface area contributed by atoms with Crippen molar-refractivity contribution in [3.63, 3.8) is 0 Å². The molecule has 1 rings (SSSR count). The largest absolute Gasteiger partial charge is 0.416 e. The van der Waals surface area contributed by atoms with Crippen LogP contribution < -0.4 is 11.1 Å². The van der Waals surface area contributed by atoms with Gasteiger partial charge in [0.15, 0.2) is 0 Å². The van der Waals surface area contributed by atoms with Crippen molar-refractivity contribution in [2.75, 3.05) is 0 Å². The molecule has 0 saturated carbocycles. The van der Waals surface area contributed by atoms with Crippen molar-refractivity contribution in [1.29, 1.82) is 5.26 Å². The van der Waals surface area contributed by atoms with Crippen LogP contribution >= 0.6 is 0 Å². The molecule has 2 amide bonds. The maximum atomic E-state index is 12.6. The minimum atomic E-state index is -4.50. The minimum absolute atomic E-state index is 0.0418. The molecule has 0 spiro atoms. The molecule has 1 aromatic rings. The van der Waals surface area contributed by atoms with E-state index in [9.17, 15) is 22.8 Å². The third kappa shape index (κ3) is 5.98. The van der Waals surface area contributed by atoms with E-state index >= 15 is 0 Å². The fourth-order valence-corrected chi connectivity index (χ4v) is 1.94. The molecule has 0 aromatic heterocycles. The van der Waals surface area contributed by atoms with Crippen LogP contribution in [0.3, 0.4) is 0 Å². The van der Waals surface area contributed by atoms with Gasteiger partial charge in [0.05, 0.1) is 18.1 Å². The summed E-state index contributed by atoms with van der Waals surface area (Å²) in [5, 5.41) is 11.1. The SMILES string of the molecule is C[C@H](C#N)C[C@@H](NC(=O)Cc1cccc(C(F)(F)F)c1)C(N)=O. The summed E-state index contributed by atoms with van der Waals surface area (Å²) in [4.78, 5) is 23.1.